The third-order valence-corrected chi connectivity index (χ3v) is 1.95. The van der Waals surface area contributed by atoms with E-state index in [0.717, 1.165) is 0 Å². The van der Waals surface area contributed by atoms with E-state index >= 15 is 0 Å². The number of aliphatic hydroxyl groups excluding tert-OH is 1. The molecule has 82 valence electrons. The lowest BCUT2D eigenvalue weighted by Gasteiger charge is -2.21. The molecule has 14 heavy (non-hydrogen) atoms. The molecule has 0 aromatic rings. The van der Waals surface area contributed by atoms with E-state index in [0.29, 0.717) is 0 Å². The summed E-state index contributed by atoms with van der Waals surface area (Å²) in [6.45, 7) is 1.26. The summed E-state index contributed by atoms with van der Waals surface area (Å²) in [5.41, 5.74) is 4.04. The first-order valence-corrected chi connectivity index (χ1v) is 4.27. The van der Waals surface area contributed by atoms with Crippen LogP contribution in [-0.2, 0) is 9.59 Å². The number of carbonyl (C=O) groups is 2. The van der Waals surface area contributed by atoms with Gasteiger partial charge in [-0.2, -0.15) is 0 Å². The molecule has 0 aliphatic carbocycles. The lowest BCUT2D eigenvalue weighted by atomic mass is 9.87. The van der Waals surface area contributed by atoms with Gasteiger partial charge in [0.25, 0.3) is 0 Å². The largest absolute Gasteiger partial charge is 0.481 e. The summed E-state index contributed by atoms with van der Waals surface area (Å²) in [6.07, 6.45) is -0.182. The quantitative estimate of drug-likeness (QED) is 0.422. The van der Waals surface area contributed by atoms with E-state index in [9.17, 15) is 9.59 Å². The monoisotopic (exact) mass is 204 g/mol. The molecule has 0 bridgehead atoms. The number of nitrogens with two attached hydrogens (primary N) is 1. The van der Waals surface area contributed by atoms with Crippen LogP contribution < -0.4 is 11.1 Å². The first kappa shape index (κ1) is 12.9. The zero-order chi connectivity index (χ0) is 11.2. The van der Waals surface area contributed by atoms with Gasteiger partial charge in [0, 0.05) is 19.5 Å². The molecule has 0 radical (unpaired) electrons. The lowest BCUT2D eigenvalue weighted by Crippen LogP contribution is -2.41. The second-order valence-corrected chi connectivity index (χ2v) is 3.32. The van der Waals surface area contributed by atoms with Gasteiger partial charge < -0.3 is 21.3 Å². The molecule has 0 aromatic heterocycles. The molecule has 1 unspecified atom stereocenters. The zero-order valence-electron chi connectivity index (χ0n) is 8.12. The average Bonchev–Trinajstić information content (AvgIpc) is 2.14. The zero-order valence-corrected chi connectivity index (χ0v) is 8.12. The number of nitrogens with one attached hydrogen (secondary N) is 1. The predicted molar refractivity (Wildman–Crippen MR) is 49.5 cm³/mol. The topological polar surface area (TPSA) is 113 Å². The maximum Gasteiger partial charge on any atom is 0.311 e. The summed E-state index contributed by atoms with van der Waals surface area (Å²) in [4.78, 5) is 21.9. The molecule has 0 aliphatic heterocycles. The average molecular weight is 204 g/mol. The van der Waals surface area contributed by atoms with Gasteiger partial charge >= 0.3 is 5.97 Å². The molecule has 1 atom stereocenters. The Kier molecular flexibility index (Phi) is 5.11. The van der Waals surface area contributed by atoms with Gasteiger partial charge in [0.2, 0.25) is 5.91 Å². The Bertz CT molecular complexity index is 219. The third kappa shape index (κ3) is 3.71. The number of amides is 1. The molecule has 1 amide bonds. The third-order valence-electron chi connectivity index (χ3n) is 1.95. The summed E-state index contributed by atoms with van der Waals surface area (Å²) >= 11 is 0. The molecule has 5 N–H and O–H groups in total. The van der Waals surface area contributed by atoms with Crippen LogP contribution in [0.2, 0.25) is 0 Å². The van der Waals surface area contributed by atoms with Gasteiger partial charge in [-0.25, -0.2) is 0 Å². The number of carboxylic acids is 1. The standard InChI is InChI=1S/C8H16N2O4/c1-8(5-9,7(13)14)4-6(12)10-2-3-11/h11H,2-5,9H2,1H3,(H,10,12)(H,13,14). The number of hydrogen-bond donors (Lipinski definition) is 4. The number of hydrogen-bond acceptors (Lipinski definition) is 4. The maximum absolute atomic E-state index is 11.1. The molecule has 0 rings (SSSR count). The highest BCUT2D eigenvalue weighted by Gasteiger charge is 2.33. The molecule has 0 fully saturated rings. The maximum atomic E-state index is 11.1. The van der Waals surface area contributed by atoms with Gasteiger partial charge in [-0.1, -0.05) is 0 Å². The Morgan fingerprint density at radius 2 is 2.07 bits per heavy atom. The van der Waals surface area contributed by atoms with Crippen molar-refractivity contribution in [3.05, 3.63) is 0 Å². The van der Waals surface area contributed by atoms with Crippen molar-refractivity contribution in [2.24, 2.45) is 11.1 Å². The number of carboxylic acid groups (broad SMARTS) is 1. The summed E-state index contributed by atoms with van der Waals surface area (Å²) in [7, 11) is 0. The van der Waals surface area contributed by atoms with Gasteiger partial charge in [-0.15, -0.1) is 0 Å². The Labute approximate surface area is 82.1 Å². The molecule has 0 spiro atoms. The summed E-state index contributed by atoms with van der Waals surface area (Å²) in [5, 5.41) is 19.6. The first-order valence-electron chi connectivity index (χ1n) is 4.27. The van der Waals surface area contributed by atoms with Crippen LogP contribution in [0.3, 0.4) is 0 Å². The first-order chi connectivity index (χ1) is 6.46. The van der Waals surface area contributed by atoms with Crippen LogP contribution in [-0.4, -0.2) is 41.8 Å². The summed E-state index contributed by atoms with van der Waals surface area (Å²) in [6, 6.07) is 0. The van der Waals surface area contributed by atoms with Crippen molar-refractivity contribution < 1.29 is 19.8 Å². The summed E-state index contributed by atoms with van der Waals surface area (Å²) in [5.74, 6) is -1.52. The summed E-state index contributed by atoms with van der Waals surface area (Å²) < 4.78 is 0. The van der Waals surface area contributed by atoms with Crippen molar-refractivity contribution in [1.29, 1.82) is 0 Å². The number of carbonyl (C=O) groups excluding carboxylic acids is 1. The van der Waals surface area contributed by atoms with Gasteiger partial charge in [-0.3, -0.25) is 9.59 Å². The number of rotatable bonds is 6. The molecule has 0 saturated heterocycles. The second-order valence-electron chi connectivity index (χ2n) is 3.32. The van der Waals surface area contributed by atoms with Gasteiger partial charge in [0.1, 0.15) is 0 Å². The highest BCUT2D eigenvalue weighted by Crippen LogP contribution is 2.19. The number of aliphatic carboxylic acids is 1. The normalized spacial score (nSPS) is 14.5. The van der Waals surface area contributed by atoms with Crippen LogP contribution in [0.5, 0.6) is 0 Å². The molecule has 0 aromatic carbocycles. The van der Waals surface area contributed by atoms with E-state index in [4.69, 9.17) is 15.9 Å². The second kappa shape index (κ2) is 5.56. The number of aliphatic hydroxyl groups is 1. The van der Waals surface area contributed by atoms with E-state index in [-0.39, 0.29) is 26.1 Å². The van der Waals surface area contributed by atoms with Crippen LogP contribution in [0.15, 0.2) is 0 Å². The van der Waals surface area contributed by atoms with Gasteiger partial charge in [-0.05, 0) is 6.92 Å². The lowest BCUT2D eigenvalue weighted by molar-refractivity contribution is -0.150. The van der Waals surface area contributed by atoms with Crippen LogP contribution in [0.1, 0.15) is 13.3 Å². The fourth-order valence-electron chi connectivity index (χ4n) is 0.847. The van der Waals surface area contributed by atoms with E-state index in [1.807, 2.05) is 0 Å². The van der Waals surface area contributed by atoms with Crippen LogP contribution in [0.4, 0.5) is 0 Å². The Morgan fingerprint density at radius 3 is 2.43 bits per heavy atom. The Balaban J connectivity index is 4.18. The SMILES string of the molecule is CC(CN)(CC(=O)NCCO)C(=O)O. The van der Waals surface area contributed by atoms with Crippen molar-refractivity contribution in [2.45, 2.75) is 13.3 Å². The smallest absolute Gasteiger partial charge is 0.311 e. The fourth-order valence-corrected chi connectivity index (χ4v) is 0.847. The minimum absolute atomic E-state index is 0.102. The van der Waals surface area contributed by atoms with Crippen LogP contribution in [0.25, 0.3) is 0 Å². The molecule has 6 heteroatoms. The molecule has 0 aliphatic rings. The molecular formula is C8H16N2O4. The van der Waals surface area contributed by atoms with Crippen molar-refractivity contribution in [2.75, 3.05) is 19.7 Å². The van der Waals surface area contributed by atoms with Gasteiger partial charge in [0.15, 0.2) is 0 Å². The minimum atomic E-state index is -1.24. The van der Waals surface area contributed by atoms with E-state index < -0.39 is 17.3 Å². The fraction of sp³-hybridized carbons (Fsp3) is 0.750. The van der Waals surface area contributed by atoms with Gasteiger partial charge in [0.05, 0.1) is 12.0 Å². The van der Waals surface area contributed by atoms with Crippen molar-refractivity contribution >= 4 is 11.9 Å². The van der Waals surface area contributed by atoms with Crippen molar-refractivity contribution in [1.82, 2.24) is 5.32 Å². The van der Waals surface area contributed by atoms with E-state index in [2.05, 4.69) is 5.32 Å². The Morgan fingerprint density at radius 1 is 1.50 bits per heavy atom. The van der Waals surface area contributed by atoms with Crippen molar-refractivity contribution in [3.8, 4) is 0 Å². The van der Waals surface area contributed by atoms with Crippen molar-refractivity contribution in [3.63, 3.8) is 0 Å². The molecular weight excluding hydrogens is 188 g/mol. The van der Waals surface area contributed by atoms with E-state index in [1.165, 1.54) is 6.92 Å². The molecule has 6 nitrogen and oxygen atoms in total. The van der Waals surface area contributed by atoms with Crippen LogP contribution in [0, 0.1) is 5.41 Å². The highest BCUT2D eigenvalue weighted by atomic mass is 16.4. The minimum Gasteiger partial charge on any atom is -0.481 e. The molecule has 0 heterocycles. The van der Waals surface area contributed by atoms with Crippen LogP contribution >= 0.6 is 0 Å². The molecule has 0 saturated carbocycles. The predicted octanol–water partition coefficient (Wildman–Crippen LogP) is -1.47. The van der Waals surface area contributed by atoms with E-state index in [1.54, 1.807) is 0 Å². The Hall–Kier alpha value is -1.14. The highest BCUT2D eigenvalue weighted by molar-refractivity contribution is 5.84.